The average Bonchev–Trinajstić information content (AvgIpc) is 2.54. The Morgan fingerprint density at radius 1 is 1.08 bits per heavy atom. The van der Waals surface area contributed by atoms with Gasteiger partial charge in [0.25, 0.3) is 0 Å². The maximum Gasteiger partial charge on any atom is 0.237 e. The maximum absolute atomic E-state index is 12.5. The van der Waals surface area contributed by atoms with Crippen LogP contribution in [-0.2, 0) is 20.6 Å². The molecule has 0 saturated carbocycles. The number of nitrogens with zero attached hydrogens (tertiary/aromatic N) is 2. The fraction of sp³-hybridized carbons (Fsp3) is 0.588. The highest BCUT2D eigenvalue weighted by Crippen LogP contribution is 2.15. The van der Waals surface area contributed by atoms with E-state index in [0.29, 0.717) is 26.2 Å². The van der Waals surface area contributed by atoms with Crippen LogP contribution in [-0.4, -0.2) is 61.8 Å². The van der Waals surface area contributed by atoms with E-state index >= 15 is 0 Å². The van der Waals surface area contributed by atoms with E-state index in [1.165, 1.54) is 4.31 Å². The van der Waals surface area contributed by atoms with Gasteiger partial charge in [-0.1, -0.05) is 30.3 Å². The third-order valence-corrected chi connectivity index (χ3v) is 6.07. The predicted octanol–water partition coefficient (Wildman–Crippen LogP) is 1.05. The summed E-state index contributed by atoms with van der Waals surface area (Å²) in [5.74, 6) is 0.0163. The lowest BCUT2D eigenvalue weighted by molar-refractivity contribution is -0.126. The Hall–Kier alpha value is -1.44. The van der Waals surface area contributed by atoms with Gasteiger partial charge in [-0.3, -0.25) is 9.69 Å². The average molecular weight is 353 g/mol. The van der Waals surface area contributed by atoms with Crippen LogP contribution in [0.25, 0.3) is 0 Å². The van der Waals surface area contributed by atoms with Crippen molar-refractivity contribution in [2.24, 2.45) is 0 Å². The molecule has 1 aromatic rings. The van der Waals surface area contributed by atoms with E-state index in [4.69, 9.17) is 0 Å². The summed E-state index contributed by atoms with van der Waals surface area (Å²) in [5, 5.41) is 2.90. The molecule has 1 aliphatic rings. The van der Waals surface area contributed by atoms with E-state index in [0.717, 1.165) is 5.56 Å². The van der Waals surface area contributed by atoms with Gasteiger partial charge < -0.3 is 5.32 Å². The molecular weight excluding hydrogens is 326 g/mol. The van der Waals surface area contributed by atoms with Gasteiger partial charge in [-0.15, -0.1) is 0 Å². The predicted molar refractivity (Wildman–Crippen MR) is 95.0 cm³/mol. The zero-order valence-corrected chi connectivity index (χ0v) is 15.4. The quantitative estimate of drug-likeness (QED) is 0.830. The van der Waals surface area contributed by atoms with Crippen molar-refractivity contribution >= 4 is 15.9 Å². The van der Waals surface area contributed by atoms with Crippen molar-refractivity contribution in [1.29, 1.82) is 0 Å². The second-order valence-corrected chi connectivity index (χ2v) is 8.49. The van der Waals surface area contributed by atoms with Gasteiger partial charge in [-0.25, -0.2) is 8.42 Å². The van der Waals surface area contributed by atoms with Crippen molar-refractivity contribution in [2.45, 2.75) is 38.6 Å². The minimum Gasteiger partial charge on any atom is -0.353 e. The zero-order valence-electron chi connectivity index (χ0n) is 14.6. The molecule has 24 heavy (non-hydrogen) atoms. The molecule has 1 unspecified atom stereocenters. The molecule has 1 aliphatic heterocycles. The molecule has 0 aromatic heterocycles. The molecule has 1 N–H and O–H groups in total. The molecule has 1 saturated heterocycles. The Labute approximate surface area is 144 Å². The Balaban J connectivity index is 1.91. The molecule has 2 rings (SSSR count). The molecule has 134 valence electrons. The monoisotopic (exact) mass is 353 g/mol. The maximum atomic E-state index is 12.5. The summed E-state index contributed by atoms with van der Waals surface area (Å²) < 4.78 is 26.6. The molecule has 1 amide bonds. The summed E-state index contributed by atoms with van der Waals surface area (Å²) in [6, 6.07) is 9.07. The van der Waals surface area contributed by atoms with Gasteiger partial charge in [-0.05, 0) is 26.3 Å². The topological polar surface area (TPSA) is 69.7 Å². The molecule has 0 aliphatic carbocycles. The van der Waals surface area contributed by atoms with Gasteiger partial charge in [0, 0.05) is 32.2 Å². The van der Waals surface area contributed by atoms with Crippen molar-refractivity contribution in [3.63, 3.8) is 0 Å². The van der Waals surface area contributed by atoms with Gasteiger partial charge in [0.05, 0.1) is 11.8 Å². The number of piperazine rings is 1. The molecule has 0 spiro atoms. The lowest BCUT2D eigenvalue weighted by Gasteiger charge is -2.37. The second kappa shape index (κ2) is 8.09. The molecule has 1 fully saturated rings. The van der Waals surface area contributed by atoms with Crippen molar-refractivity contribution in [3.05, 3.63) is 35.9 Å². The van der Waals surface area contributed by atoms with Crippen molar-refractivity contribution in [3.8, 4) is 0 Å². The largest absolute Gasteiger partial charge is 0.353 e. The molecule has 1 atom stereocenters. The summed E-state index contributed by atoms with van der Waals surface area (Å²) in [5.41, 5.74) is 0.796. The van der Waals surface area contributed by atoms with Crippen LogP contribution in [0.3, 0.4) is 0 Å². The summed E-state index contributed by atoms with van der Waals surface area (Å²) in [4.78, 5) is 14.1. The summed E-state index contributed by atoms with van der Waals surface area (Å²) in [6.07, 6.45) is 0. The molecule has 1 aromatic carbocycles. The number of amides is 1. The van der Waals surface area contributed by atoms with E-state index in [1.54, 1.807) is 0 Å². The van der Waals surface area contributed by atoms with Gasteiger partial charge >= 0.3 is 0 Å². The fourth-order valence-electron chi connectivity index (χ4n) is 2.82. The Bertz CT molecular complexity index is 638. The number of carbonyl (C=O) groups is 1. The van der Waals surface area contributed by atoms with Crippen LogP contribution < -0.4 is 5.32 Å². The van der Waals surface area contributed by atoms with Crippen molar-refractivity contribution < 1.29 is 13.2 Å². The lowest BCUT2D eigenvalue weighted by atomic mass is 10.2. The number of carbonyl (C=O) groups excluding carboxylic acids is 1. The minimum absolute atomic E-state index is 0.00871. The van der Waals surface area contributed by atoms with E-state index in [-0.39, 0.29) is 23.7 Å². The standard InChI is InChI=1S/C17H27N3O3S/c1-14(2)18-17(21)15(3)19-9-11-20(12-10-19)24(22,23)13-16-7-5-4-6-8-16/h4-8,14-15H,9-13H2,1-3H3,(H,18,21). The highest BCUT2D eigenvalue weighted by atomic mass is 32.2. The first-order valence-electron chi connectivity index (χ1n) is 8.36. The third-order valence-electron chi connectivity index (χ3n) is 4.22. The SMILES string of the molecule is CC(C)NC(=O)C(C)N1CCN(S(=O)(=O)Cc2ccccc2)CC1. The van der Waals surface area contributed by atoms with Crippen LogP contribution >= 0.6 is 0 Å². The highest BCUT2D eigenvalue weighted by Gasteiger charge is 2.30. The van der Waals surface area contributed by atoms with Crippen molar-refractivity contribution in [2.75, 3.05) is 26.2 Å². The Kier molecular flexibility index (Phi) is 6.37. The first kappa shape index (κ1) is 18.9. The summed E-state index contributed by atoms with van der Waals surface area (Å²) >= 11 is 0. The third kappa shape index (κ3) is 5.03. The zero-order chi connectivity index (χ0) is 17.7. The Morgan fingerprint density at radius 2 is 1.67 bits per heavy atom. The van der Waals surface area contributed by atoms with Crippen LogP contribution in [0, 0.1) is 0 Å². The molecule has 7 heteroatoms. The molecule has 0 radical (unpaired) electrons. The van der Waals surface area contributed by atoms with Crippen LogP contribution in [0.4, 0.5) is 0 Å². The van der Waals surface area contributed by atoms with Gasteiger partial charge in [0.2, 0.25) is 15.9 Å². The summed E-state index contributed by atoms with van der Waals surface area (Å²) in [6.45, 7) is 7.72. The number of rotatable bonds is 6. The molecule has 0 bridgehead atoms. The van der Waals surface area contributed by atoms with Crippen LogP contribution in [0.2, 0.25) is 0 Å². The molecule has 6 nitrogen and oxygen atoms in total. The Morgan fingerprint density at radius 3 is 2.21 bits per heavy atom. The smallest absolute Gasteiger partial charge is 0.237 e. The van der Waals surface area contributed by atoms with Crippen molar-refractivity contribution in [1.82, 2.24) is 14.5 Å². The number of nitrogens with one attached hydrogen (secondary N) is 1. The van der Waals surface area contributed by atoms with Gasteiger partial charge in [0.15, 0.2) is 0 Å². The number of hydrogen-bond acceptors (Lipinski definition) is 4. The van der Waals surface area contributed by atoms with E-state index < -0.39 is 10.0 Å². The van der Waals surface area contributed by atoms with E-state index in [9.17, 15) is 13.2 Å². The van der Waals surface area contributed by atoms with Gasteiger partial charge in [-0.2, -0.15) is 4.31 Å². The summed E-state index contributed by atoms with van der Waals surface area (Å²) in [7, 11) is -3.32. The molecular formula is C17H27N3O3S. The van der Waals surface area contributed by atoms with E-state index in [1.807, 2.05) is 56.0 Å². The first-order chi connectivity index (χ1) is 11.3. The number of benzene rings is 1. The minimum atomic E-state index is -3.32. The molecule has 1 heterocycles. The number of sulfonamides is 1. The van der Waals surface area contributed by atoms with Crippen LogP contribution in [0.1, 0.15) is 26.3 Å². The first-order valence-corrected chi connectivity index (χ1v) is 9.96. The van der Waals surface area contributed by atoms with Crippen LogP contribution in [0.5, 0.6) is 0 Å². The van der Waals surface area contributed by atoms with Gasteiger partial charge in [0.1, 0.15) is 0 Å². The highest BCUT2D eigenvalue weighted by molar-refractivity contribution is 7.88. The lowest BCUT2D eigenvalue weighted by Crippen LogP contribution is -2.55. The number of hydrogen-bond donors (Lipinski definition) is 1. The fourth-order valence-corrected chi connectivity index (χ4v) is 4.33. The normalized spacial score (nSPS) is 18.5. The van der Waals surface area contributed by atoms with E-state index in [2.05, 4.69) is 5.32 Å². The van der Waals surface area contributed by atoms with Crippen LogP contribution in [0.15, 0.2) is 30.3 Å². The second-order valence-electron chi connectivity index (χ2n) is 6.52.